The molecule has 3 heterocycles. The highest BCUT2D eigenvalue weighted by molar-refractivity contribution is 5.82. The first-order valence-electron chi connectivity index (χ1n) is 5.79. The van der Waals surface area contributed by atoms with E-state index in [1.54, 1.807) is 4.57 Å². The van der Waals surface area contributed by atoms with Crippen molar-refractivity contribution >= 4 is 22.9 Å². The van der Waals surface area contributed by atoms with Gasteiger partial charge < -0.3 is 26.4 Å². The smallest absolute Gasteiger partial charge is 0.224 e. The quantitative estimate of drug-likeness (QED) is 0.494. The number of nitrogen functional groups attached to an aromatic ring is 2. The zero-order valence-electron chi connectivity index (χ0n) is 9.97. The van der Waals surface area contributed by atoms with E-state index >= 15 is 0 Å². The maximum Gasteiger partial charge on any atom is 0.224 e. The summed E-state index contributed by atoms with van der Waals surface area (Å²) < 4.78 is 7.09. The Kier molecular flexibility index (Phi) is 2.73. The second kappa shape index (κ2) is 4.30. The number of hydrogen-bond acceptors (Lipinski definition) is 8. The molecule has 19 heavy (non-hydrogen) atoms. The lowest BCUT2D eigenvalue weighted by atomic mass is 10.1. The van der Waals surface area contributed by atoms with E-state index in [2.05, 4.69) is 15.0 Å². The molecule has 2 aromatic heterocycles. The van der Waals surface area contributed by atoms with E-state index in [9.17, 15) is 10.2 Å². The van der Waals surface area contributed by atoms with Crippen LogP contribution in [0.25, 0.3) is 11.2 Å². The molecule has 3 atom stereocenters. The second-order valence-electron chi connectivity index (χ2n) is 4.45. The molecule has 9 nitrogen and oxygen atoms in total. The van der Waals surface area contributed by atoms with Crippen molar-refractivity contribution in [1.82, 2.24) is 19.5 Å². The lowest BCUT2D eigenvalue weighted by molar-refractivity contribution is -0.144. The maximum atomic E-state index is 9.68. The molecule has 0 aliphatic carbocycles. The molecular weight excluding hydrogens is 252 g/mol. The van der Waals surface area contributed by atoms with E-state index in [1.165, 1.54) is 6.33 Å². The first kappa shape index (κ1) is 12.1. The summed E-state index contributed by atoms with van der Waals surface area (Å²) in [7, 11) is 0. The topological polar surface area (TPSA) is 145 Å². The van der Waals surface area contributed by atoms with Crippen molar-refractivity contribution in [3.63, 3.8) is 0 Å². The number of nitrogens with two attached hydrogens (primary N) is 2. The summed E-state index contributed by atoms with van der Waals surface area (Å²) in [4.78, 5) is 12.0. The van der Waals surface area contributed by atoms with Gasteiger partial charge in [-0.2, -0.15) is 9.97 Å². The number of rotatable bonds is 1. The molecule has 1 fully saturated rings. The molecule has 3 unspecified atom stereocenters. The van der Waals surface area contributed by atoms with Crippen LogP contribution in [0.15, 0.2) is 6.33 Å². The highest BCUT2D eigenvalue weighted by Crippen LogP contribution is 2.27. The Morgan fingerprint density at radius 1 is 1.26 bits per heavy atom. The zero-order valence-corrected chi connectivity index (χ0v) is 9.97. The average Bonchev–Trinajstić information content (AvgIpc) is 2.76. The summed E-state index contributed by atoms with van der Waals surface area (Å²) in [5.74, 6) is 0.237. The number of hydrogen-bond donors (Lipinski definition) is 4. The van der Waals surface area contributed by atoms with Gasteiger partial charge in [0.25, 0.3) is 0 Å². The van der Waals surface area contributed by atoms with Crippen molar-refractivity contribution in [2.75, 3.05) is 18.1 Å². The van der Waals surface area contributed by atoms with Gasteiger partial charge in [-0.3, -0.25) is 4.57 Å². The number of nitrogens with zero attached hydrogens (tertiary/aromatic N) is 4. The van der Waals surface area contributed by atoms with Gasteiger partial charge in [-0.15, -0.1) is 0 Å². The van der Waals surface area contributed by atoms with Crippen LogP contribution in [-0.4, -0.2) is 48.5 Å². The fourth-order valence-corrected chi connectivity index (χ4v) is 2.11. The standard InChI is InChI=1S/C10H14N6O3/c11-8-7-9(15-10(12)14-8)16(3-13-7)6-1-4(17)5(18)2-19-6/h3-6,17-18H,1-2H2,(H4,11,12,14,15). The molecule has 0 radical (unpaired) electrons. The first-order valence-corrected chi connectivity index (χ1v) is 5.79. The van der Waals surface area contributed by atoms with E-state index in [0.29, 0.717) is 11.2 Å². The van der Waals surface area contributed by atoms with Gasteiger partial charge >= 0.3 is 0 Å². The van der Waals surface area contributed by atoms with E-state index in [0.717, 1.165) is 0 Å². The van der Waals surface area contributed by atoms with Crippen LogP contribution in [0.4, 0.5) is 11.8 Å². The number of fused-ring (bicyclic) bond motifs is 1. The van der Waals surface area contributed by atoms with Crippen molar-refractivity contribution < 1.29 is 14.9 Å². The Hall–Kier alpha value is -1.97. The summed E-state index contributed by atoms with van der Waals surface area (Å²) >= 11 is 0. The largest absolute Gasteiger partial charge is 0.390 e. The summed E-state index contributed by atoms with van der Waals surface area (Å²) in [6, 6.07) is 0. The molecule has 2 aromatic rings. The summed E-state index contributed by atoms with van der Waals surface area (Å²) in [5.41, 5.74) is 12.1. The molecule has 9 heteroatoms. The number of anilines is 2. The van der Waals surface area contributed by atoms with Crippen molar-refractivity contribution in [3.05, 3.63) is 6.33 Å². The van der Waals surface area contributed by atoms with Crippen molar-refractivity contribution in [1.29, 1.82) is 0 Å². The summed E-state index contributed by atoms with van der Waals surface area (Å²) in [6.07, 6.45) is -0.471. The van der Waals surface area contributed by atoms with Crippen LogP contribution in [0.5, 0.6) is 0 Å². The Morgan fingerprint density at radius 3 is 2.79 bits per heavy atom. The van der Waals surface area contributed by atoms with Crippen LogP contribution in [0.1, 0.15) is 12.6 Å². The van der Waals surface area contributed by atoms with Gasteiger partial charge in [-0.1, -0.05) is 0 Å². The minimum absolute atomic E-state index is 0.0432. The van der Waals surface area contributed by atoms with E-state index in [4.69, 9.17) is 16.2 Å². The molecule has 0 aromatic carbocycles. The van der Waals surface area contributed by atoms with Crippen LogP contribution in [0.2, 0.25) is 0 Å². The maximum absolute atomic E-state index is 9.68. The van der Waals surface area contributed by atoms with Crippen LogP contribution in [0, 0.1) is 0 Å². The molecular formula is C10H14N6O3. The van der Waals surface area contributed by atoms with Gasteiger partial charge in [0.1, 0.15) is 17.8 Å². The van der Waals surface area contributed by atoms with E-state index < -0.39 is 18.4 Å². The fraction of sp³-hybridized carbons (Fsp3) is 0.500. The first-order chi connectivity index (χ1) is 9.06. The highest BCUT2D eigenvalue weighted by atomic mass is 16.5. The van der Waals surface area contributed by atoms with Gasteiger partial charge in [-0.05, 0) is 0 Å². The summed E-state index contributed by atoms with van der Waals surface area (Å²) in [5, 5.41) is 19.1. The number of aliphatic hydroxyl groups excluding tert-OH is 2. The number of ether oxygens (including phenoxy) is 1. The highest BCUT2D eigenvalue weighted by Gasteiger charge is 2.30. The Labute approximate surface area is 107 Å². The number of imidazole rings is 1. The third-order valence-electron chi connectivity index (χ3n) is 3.12. The van der Waals surface area contributed by atoms with Crippen LogP contribution in [0.3, 0.4) is 0 Å². The SMILES string of the molecule is Nc1nc(N)c2ncn(C3CC(O)C(O)CO3)c2n1. The molecule has 1 aliphatic rings. The van der Waals surface area contributed by atoms with Gasteiger partial charge in [0, 0.05) is 6.42 Å². The van der Waals surface area contributed by atoms with Gasteiger partial charge in [0.05, 0.1) is 19.0 Å². The molecule has 0 saturated carbocycles. The lowest BCUT2D eigenvalue weighted by Crippen LogP contribution is -2.39. The molecule has 0 amide bonds. The van der Waals surface area contributed by atoms with Crippen molar-refractivity contribution in [2.45, 2.75) is 24.9 Å². The van der Waals surface area contributed by atoms with E-state index in [-0.39, 0.29) is 24.8 Å². The molecule has 0 spiro atoms. The normalized spacial score (nSPS) is 27.8. The monoisotopic (exact) mass is 266 g/mol. The number of aliphatic hydroxyl groups is 2. The second-order valence-corrected chi connectivity index (χ2v) is 4.45. The Balaban J connectivity index is 2.01. The van der Waals surface area contributed by atoms with E-state index in [1.807, 2.05) is 0 Å². The minimum Gasteiger partial charge on any atom is -0.390 e. The lowest BCUT2D eigenvalue weighted by Gasteiger charge is -2.31. The molecule has 0 bridgehead atoms. The van der Waals surface area contributed by atoms with Gasteiger partial charge in [0.15, 0.2) is 11.5 Å². The van der Waals surface area contributed by atoms with Crippen molar-refractivity contribution in [3.8, 4) is 0 Å². The fourth-order valence-electron chi connectivity index (χ4n) is 2.11. The molecule has 3 rings (SSSR count). The van der Waals surface area contributed by atoms with Crippen LogP contribution in [-0.2, 0) is 4.74 Å². The third-order valence-corrected chi connectivity index (χ3v) is 3.12. The van der Waals surface area contributed by atoms with Gasteiger partial charge in [-0.25, -0.2) is 4.98 Å². The predicted octanol–water partition coefficient (Wildman–Crippen LogP) is -1.37. The molecule has 102 valence electrons. The van der Waals surface area contributed by atoms with Gasteiger partial charge in [0.2, 0.25) is 5.95 Å². The minimum atomic E-state index is -0.879. The third kappa shape index (κ3) is 1.97. The Bertz CT molecular complexity index is 615. The Morgan fingerprint density at radius 2 is 2.05 bits per heavy atom. The predicted molar refractivity (Wildman–Crippen MR) is 65.8 cm³/mol. The average molecular weight is 266 g/mol. The zero-order chi connectivity index (χ0) is 13.6. The molecule has 1 saturated heterocycles. The van der Waals surface area contributed by atoms with Crippen LogP contribution >= 0.6 is 0 Å². The summed E-state index contributed by atoms with van der Waals surface area (Å²) in [6.45, 7) is 0.0432. The van der Waals surface area contributed by atoms with Crippen LogP contribution < -0.4 is 11.5 Å². The molecule has 1 aliphatic heterocycles. The van der Waals surface area contributed by atoms with Crippen molar-refractivity contribution in [2.24, 2.45) is 0 Å². The molecule has 6 N–H and O–H groups in total. The number of aromatic nitrogens is 4.